The maximum atomic E-state index is 9.01. The van der Waals surface area contributed by atoms with Crippen LogP contribution in [0.2, 0.25) is 5.02 Å². The van der Waals surface area contributed by atoms with Crippen molar-refractivity contribution in [3.05, 3.63) is 41.2 Å². The van der Waals surface area contributed by atoms with E-state index in [0.29, 0.717) is 16.7 Å². The molecule has 0 saturated carbocycles. The maximum Gasteiger partial charge on any atom is 0.227 e. The number of hydrogen-bond donors (Lipinski definition) is 1. The Hall–Kier alpha value is -1.32. The molecule has 16 heavy (non-hydrogen) atoms. The minimum Gasteiger partial charge on any atom is -0.441 e. The van der Waals surface area contributed by atoms with Gasteiger partial charge in [-0.1, -0.05) is 30.7 Å². The smallest absolute Gasteiger partial charge is 0.227 e. The number of benzene rings is 1. The first-order valence-electron chi connectivity index (χ1n) is 5.04. The largest absolute Gasteiger partial charge is 0.441 e. The third kappa shape index (κ3) is 2.10. The molecule has 1 aromatic carbocycles. The predicted molar refractivity (Wildman–Crippen MR) is 62.4 cm³/mol. The van der Waals surface area contributed by atoms with Crippen LogP contribution in [-0.4, -0.2) is 16.7 Å². The van der Waals surface area contributed by atoms with Crippen molar-refractivity contribution >= 4 is 11.6 Å². The van der Waals surface area contributed by atoms with Gasteiger partial charge in [-0.25, -0.2) is 4.98 Å². The van der Waals surface area contributed by atoms with E-state index in [2.05, 4.69) is 4.98 Å². The minimum atomic E-state index is -0.0521. The number of oxazole rings is 1. The Labute approximate surface area is 98.7 Å². The van der Waals surface area contributed by atoms with Crippen LogP contribution < -0.4 is 0 Å². The highest BCUT2D eigenvalue weighted by Gasteiger charge is 2.13. The van der Waals surface area contributed by atoms with E-state index in [-0.39, 0.29) is 12.5 Å². The number of aromatic nitrogens is 1. The van der Waals surface area contributed by atoms with Crippen LogP contribution in [0, 0.1) is 0 Å². The van der Waals surface area contributed by atoms with Crippen LogP contribution in [0.4, 0.5) is 0 Å². The second-order valence-electron chi connectivity index (χ2n) is 3.63. The fraction of sp³-hybridized carbons (Fsp3) is 0.250. The van der Waals surface area contributed by atoms with Gasteiger partial charge in [-0.2, -0.15) is 0 Å². The molecule has 0 spiro atoms. The molecular formula is C12H12ClNO2. The molecule has 3 nitrogen and oxygen atoms in total. The van der Waals surface area contributed by atoms with E-state index in [1.807, 2.05) is 25.1 Å². The normalized spacial score (nSPS) is 12.7. The molecule has 1 aromatic heterocycles. The Bertz CT molecular complexity index is 481. The van der Waals surface area contributed by atoms with Crippen LogP contribution in [-0.2, 0) is 0 Å². The van der Waals surface area contributed by atoms with Gasteiger partial charge in [0.25, 0.3) is 0 Å². The molecule has 1 unspecified atom stereocenters. The zero-order valence-electron chi connectivity index (χ0n) is 8.85. The van der Waals surface area contributed by atoms with Gasteiger partial charge in [0, 0.05) is 5.92 Å². The maximum absolute atomic E-state index is 9.01. The van der Waals surface area contributed by atoms with E-state index in [1.54, 1.807) is 12.3 Å². The zero-order chi connectivity index (χ0) is 11.5. The highest BCUT2D eigenvalue weighted by atomic mass is 35.5. The molecule has 2 rings (SSSR count). The second kappa shape index (κ2) is 4.68. The first-order chi connectivity index (χ1) is 7.72. The van der Waals surface area contributed by atoms with Crippen LogP contribution in [0.15, 0.2) is 34.9 Å². The Morgan fingerprint density at radius 3 is 2.88 bits per heavy atom. The summed E-state index contributed by atoms with van der Waals surface area (Å²) in [6.45, 7) is 1.91. The van der Waals surface area contributed by atoms with Crippen molar-refractivity contribution in [2.24, 2.45) is 0 Å². The van der Waals surface area contributed by atoms with Crippen molar-refractivity contribution in [3.8, 4) is 11.5 Å². The molecule has 1 heterocycles. The van der Waals surface area contributed by atoms with Gasteiger partial charge in [0.2, 0.25) is 5.89 Å². The van der Waals surface area contributed by atoms with Crippen molar-refractivity contribution in [2.45, 2.75) is 12.8 Å². The SMILES string of the molecule is CC(CO)c1cnc(-c2ccccc2Cl)o1. The molecule has 0 aliphatic rings. The third-order valence-corrected chi connectivity index (χ3v) is 2.72. The third-order valence-electron chi connectivity index (χ3n) is 2.39. The molecule has 4 heteroatoms. The fourth-order valence-corrected chi connectivity index (χ4v) is 1.58. The number of halogens is 1. The molecule has 1 atom stereocenters. The molecule has 0 amide bonds. The average molecular weight is 238 g/mol. The summed E-state index contributed by atoms with van der Waals surface area (Å²) >= 11 is 6.03. The summed E-state index contributed by atoms with van der Waals surface area (Å²) in [4.78, 5) is 4.15. The first kappa shape index (κ1) is 11.2. The van der Waals surface area contributed by atoms with Gasteiger partial charge in [0.15, 0.2) is 0 Å². The standard InChI is InChI=1S/C12H12ClNO2/c1-8(7-15)11-6-14-12(16-11)9-4-2-3-5-10(9)13/h2-6,8,15H,7H2,1H3. The minimum absolute atomic E-state index is 0.0388. The van der Waals surface area contributed by atoms with Gasteiger partial charge < -0.3 is 9.52 Å². The van der Waals surface area contributed by atoms with Crippen molar-refractivity contribution in [1.29, 1.82) is 0 Å². The van der Waals surface area contributed by atoms with Gasteiger partial charge >= 0.3 is 0 Å². The monoisotopic (exact) mass is 237 g/mol. The topological polar surface area (TPSA) is 46.3 Å². The van der Waals surface area contributed by atoms with E-state index in [1.165, 1.54) is 0 Å². The number of aliphatic hydroxyl groups excluding tert-OH is 1. The van der Waals surface area contributed by atoms with Crippen molar-refractivity contribution in [1.82, 2.24) is 4.98 Å². The quantitative estimate of drug-likeness (QED) is 0.892. The fourth-order valence-electron chi connectivity index (χ4n) is 1.36. The van der Waals surface area contributed by atoms with E-state index >= 15 is 0 Å². The second-order valence-corrected chi connectivity index (χ2v) is 4.04. The summed E-state index contributed by atoms with van der Waals surface area (Å²) in [5, 5.41) is 9.61. The highest BCUT2D eigenvalue weighted by Crippen LogP contribution is 2.28. The summed E-state index contributed by atoms with van der Waals surface area (Å²) in [5.41, 5.74) is 0.764. The van der Waals surface area contributed by atoms with E-state index in [0.717, 1.165) is 5.56 Å². The molecule has 0 fully saturated rings. The van der Waals surface area contributed by atoms with Crippen LogP contribution in [0.1, 0.15) is 18.6 Å². The van der Waals surface area contributed by atoms with Crippen LogP contribution in [0.25, 0.3) is 11.5 Å². The lowest BCUT2D eigenvalue weighted by atomic mass is 10.1. The molecule has 2 aromatic rings. The predicted octanol–water partition coefficient (Wildman–Crippen LogP) is 3.09. The Kier molecular flexibility index (Phi) is 3.27. The zero-order valence-corrected chi connectivity index (χ0v) is 9.61. The van der Waals surface area contributed by atoms with Gasteiger partial charge in [-0.15, -0.1) is 0 Å². The van der Waals surface area contributed by atoms with Gasteiger partial charge in [0.1, 0.15) is 5.76 Å². The van der Waals surface area contributed by atoms with Gasteiger partial charge in [-0.3, -0.25) is 0 Å². The average Bonchev–Trinajstić information content (AvgIpc) is 2.78. The molecule has 0 aliphatic heterocycles. The molecule has 0 saturated heterocycles. The highest BCUT2D eigenvalue weighted by molar-refractivity contribution is 6.33. The Balaban J connectivity index is 2.35. The van der Waals surface area contributed by atoms with Gasteiger partial charge in [-0.05, 0) is 12.1 Å². The van der Waals surface area contributed by atoms with E-state index in [4.69, 9.17) is 21.1 Å². The number of aliphatic hydroxyl groups is 1. The summed E-state index contributed by atoms with van der Waals surface area (Å²) in [5.74, 6) is 1.10. The molecule has 0 aliphatic carbocycles. The molecule has 84 valence electrons. The van der Waals surface area contributed by atoms with Crippen LogP contribution >= 0.6 is 11.6 Å². The molecule has 1 N–H and O–H groups in total. The first-order valence-corrected chi connectivity index (χ1v) is 5.41. The Morgan fingerprint density at radius 1 is 1.44 bits per heavy atom. The lowest BCUT2D eigenvalue weighted by molar-refractivity contribution is 0.258. The summed E-state index contributed by atoms with van der Waals surface area (Å²) in [6.07, 6.45) is 1.62. The van der Waals surface area contributed by atoms with Crippen molar-refractivity contribution in [2.75, 3.05) is 6.61 Å². The lowest BCUT2D eigenvalue weighted by Crippen LogP contribution is -1.96. The van der Waals surface area contributed by atoms with Crippen molar-refractivity contribution < 1.29 is 9.52 Å². The molecule has 0 bridgehead atoms. The van der Waals surface area contributed by atoms with Crippen molar-refractivity contribution in [3.63, 3.8) is 0 Å². The number of rotatable bonds is 3. The summed E-state index contributed by atoms with van der Waals surface area (Å²) < 4.78 is 5.55. The van der Waals surface area contributed by atoms with Crippen LogP contribution in [0.5, 0.6) is 0 Å². The van der Waals surface area contributed by atoms with E-state index in [9.17, 15) is 0 Å². The lowest BCUT2D eigenvalue weighted by Gasteiger charge is -2.02. The molecule has 0 radical (unpaired) electrons. The summed E-state index contributed by atoms with van der Waals surface area (Å²) in [6, 6.07) is 7.37. The Morgan fingerprint density at radius 2 is 2.19 bits per heavy atom. The van der Waals surface area contributed by atoms with Gasteiger partial charge in [0.05, 0.1) is 23.4 Å². The summed E-state index contributed by atoms with van der Waals surface area (Å²) in [7, 11) is 0. The van der Waals surface area contributed by atoms with E-state index < -0.39 is 0 Å². The molecular weight excluding hydrogens is 226 g/mol. The van der Waals surface area contributed by atoms with Crippen LogP contribution in [0.3, 0.4) is 0 Å². The number of nitrogens with zero attached hydrogens (tertiary/aromatic N) is 1. The number of hydrogen-bond acceptors (Lipinski definition) is 3.